The van der Waals surface area contributed by atoms with E-state index < -0.39 is 89.4 Å². The van der Waals surface area contributed by atoms with Gasteiger partial charge in [-0.25, -0.2) is 8.78 Å². The van der Waals surface area contributed by atoms with Gasteiger partial charge in [0.05, 0.1) is 12.2 Å². The molecular formula is C19H18F12N4O2. The summed E-state index contributed by atoms with van der Waals surface area (Å²) in [4.78, 5) is 0. The summed E-state index contributed by atoms with van der Waals surface area (Å²) in [5.41, 5.74) is -5.99. The lowest BCUT2D eigenvalue weighted by atomic mass is 10.0. The highest BCUT2D eigenvalue weighted by Crippen LogP contribution is 2.46. The quantitative estimate of drug-likeness (QED) is 0.463. The number of aromatic nitrogens is 4. The number of aryl methyl sites for hydroxylation is 2. The van der Waals surface area contributed by atoms with Crippen LogP contribution in [0.5, 0.6) is 0 Å². The first-order valence-corrected chi connectivity index (χ1v) is 10.2. The van der Waals surface area contributed by atoms with Gasteiger partial charge in [0, 0.05) is 26.9 Å². The molecule has 0 unspecified atom stereocenters. The van der Waals surface area contributed by atoms with Crippen molar-refractivity contribution in [3.8, 4) is 0 Å². The van der Waals surface area contributed by atoms with Gasteiger partial charge in [-0.3, -0.25) is 9.36 Å². The van der Waals surface area contributed by atoms with Gasteiger partial charge < -0.3 is 9.47 Å². The standard InChI is InChI=1S/C19H18F12N4O2/c1-15(2)36-9(5-7-11(20)13(34(3)32-7)16(22,23)18(26,27)28)10(37-15)6-8-12(21)14(35(4)33-8)17(24,25)19(29,30)31/h9-10H,5-6H2,1-4H3/t9-,10+. The molecule has 1 aliphatic heterocycles. The van der Waals surface area contributed by atoms with Gasteiger partial charge in [0.15, 0.2) is 28.8 Å². The minimum atomic E-state index is -6.15. The maximum absolute atomic E-state index is 14.7. The lowest BCUT2D eigenvalue weighted by molar-refractivity contribution is -0.293. The van der Waals surface area contributed by atoms with Gasteiger partial charge in [-0.2, -0.15) is 54.1 Å². The maximum atomic E-state index is 14.7. The summed E-state index contributed by atoms with van der Waals surface area (Å²) >= 11 is 0. The largest absolute Gasteiger partial charge is 0.459 e. The smallest absolute Gasteiger partial charge is 0.344 e. The Morgan fingerprint density at radius 1 is 0.676 bits per heavy atom. The highest BCUT2D eigenvalue weighted by molar-refractivity contribution is 5.23. The zero-order chi connectivity index (χ0) is 28.5. The average Bonchev–Trinajstić information content (AvgIpc) is 3.24. The zero-order valence-electron chi connectivity index (χ0n) is 19.2. The summed E-state index contributed by atoms with van der Waals surface area (Å²) in [6, 6.07) is 0. The molecule has 2 aromatic heterocycles. The molecule has 2 aromatic rings. The first kappa shape index (κ1) is 29.1. The first-order valence-electron chi connectivity index (χ1n) is 10.2. The summed E-state index contributed by atoms with van der Waals surface area (Å²) in [5, 5.41) is 6.69. The Morgan fingerprint density at radius 2 is 0.973 bits per heavy atom. The molecule has 3 rings (SSSR count). The molecule has 0 saturated carbocycles. The molecule has 1 aliphatic rings. The Labute approximate surface area is 200 Å². The summed E-state index contributed by atoms with van der Waals surface area (Å²) in [5.74, 6) is -16.8. The normalized spacial score (nSPS) is 21.2. The van der Waals surface area contributed by atoms with E-state index in [9.17, 15) is 52.7 Å². The predicted molar refractivity (Wildman–Crippen MR) is 97.5 cm³/mol. The van der Waals surface area contributed by atoms with Gasteiger partial charge in [-0.05, 0) is 13.8 Å². The van der Waals surface area contributed by atoms with Crippen molar-refractivity contribution < 1.29 is 62.2 Å². The Balaban J connectivity index is 1.94. The van der Waals surface area contributed by atoms with E-state index in [-0.39, 0.29) is 9.36 Å². The molecule has 3 heterocycles. The molecule has 0 aliphatic carbocycles. The van der Waals surface area contributed by atoms with Crippen LogP contribution < -0.4 is 0 Å². The van der Waals surface area contributed by atoms with Gasteiger partial charge in [0.25, 0.3) is 0 Å². The van der Waals surface area contributed by atoms with E-state index in [2.05, 4.69) is 10.2 Å². The molecule has 0 N–H and O–H groups in total. The molecule has 2 atom stereocenters. The highest BCUT2D eigenvalue weighted by Gasteiger charge is 2.63. The lowest BCUT2D eigenvalue weighted by Crippen LogP contribution is -2.36. The Hall–Kier alpha value is -2.50. The van der Waals surface area contributed by atoms with Crippen LogP contribution in [0.3, 0.4) is 0 Å². The van der Waals surface area contributed by atoms with Crippen molar-refractivity contribution in [2.75, 3.05) is 0 Å². The SMILES string of the molecule is Cn1nc(C[C@@H]2OC(C)(C)O[C@@H]2Cc2nn(C)c(C(F)(F)C(F)(F)F)c2F)c(F)c1C(F)(F)C(F)(F)F. The summed E-state index contributed by atoms with van der Waals surface area (Å²) in [6.45, 7) is 2.58. The minimum Gasteiger partial charge on any atom is -0.344 e. The highest BCUT2D eigenvalue weighted by atomic mass is 19.4. The molecule has 0 bridgehead atoms. The van der Waals surface area contributed by atoms with Crippen LogP contribution in [0.2, 0.25) is 0 Å². The van der Waals surface area contributed by atoms with Crippen LogP contribution in [0, 0.1) is 11.6 Å². The van der Waals surface area contributed by atoms with Crippen LogP contribution in [-0.2, 0) is 48.3 Å². The topological polar surface area (TPSA) is 54.1 Å². The third-order valence-electron chi connectivity index (χ3n) is 5.49. The third kappa shape index (κ3) is 5.00. The molecule has 1 saturated heterocycles. The van der Waals surface area contributed by atoms with E-state index in [1.807, 2.05) is 0 Å². The van der Waals surface area contributed by atoms with Crippen molar-refractivity contribution in [1.82, 2.24) is 19.6 Å². The van der Waals surface area contributed by atoms with Crippen LogP contribution in [0.1, 0.15) is 36.6 Å². The van der Waals surface area contributed by atoms with Crippen molar-refractivity contribution >= 4 is 0 Å². The van der Waals surface area contributed by atoms with E-state index >= 15 is 0 Å². The van der Waals surface area contributed by atoms with Crippen LogP contribution in [0.4, 0.5) is 52.7 Å². The summed E-state index contributed by atoms with van der Waals surface area (Å²) < 4.78 is 172. The van der Waals surface area contributed by atoms with Crippen molar-refractivity contribution in [2.45, 2.75) is 68.9 Å². The fraction of sp³-hybridized carbons (Fsp3) is 0.684. The number of hydrogen-bond acceptors (Lipinski definition) is 4. The van der Waals surface area contributed by atoms with Crippen molar-refractivity contribution in [1.29, 1.82) is 0 Å². The van der Waals surface area contributed by atoms with Gasteiger partial charge in [0.2, 0.25) is 0 Å². The van der Waals surface area contributed by atoms with E-state index in [1.165, 1.54) is 13.8 Å². The van der Waals surface area contributed by atoms with E-state index in [1.54, 1.807) is 0 Å². The lowest BCUT2D eigenvalue weighted by Gasteiger charge is -2.19. The number of halogens is 12. The van der Waals surface area contributed by atoms with E-state index in [0.717, 1.165) is 0 Å². The molecule has 0 spiro atoms. The van der Waals surface area contributed by atoms with Gasteiger partial charge in [-0.15, -0.1) is 0 Å². The second kappa shape index (κ2) is 8.78. The third-order valence-corrected chi connectivity index (χ3v) is 5.49. The number of hydrogen-bond donors (Lipinski definition) is 0. The molecule has 0 radical (unpaired) electrons. The fourth-order valence-electron chi connectivity index (χ4n) is 3.95. The minimum absolute atomic E-state index is 0.0158. The molecule has 18 heteroatoms. The molecule has 0 amide bonds. The molecule has 210 valence electrons. The zero-order valence-corrected chi connectivity index (χ0v) is 19.2. The summed E-state index contributed by atoms with van der Waals surface area (Å²) in [7, 11) is 1.28. The number of nitrogens with zero attached hydrogens (tertiary/aromatic N) is 4. The fourth-order valence-corrected chi connectivity index (χ4v) is 3.95. The average molecular weight is 562 g/mol. The second-order valence-corrected chi connectivity index (χ2v) is 8.73. The molecular weight excluding hydrogens is 544 g/mol. The number of ether oxygens (including phenoxy) is 2. The Bertz CT molecular complexity index is 1080. The summed E-state index contributed by atoms with van der Waals surface area (Å²) in [6.07, 6.45) is -16.8. The Morgan fingerprint density at radius 3 is 1.24 bits per heavy atom. The second-order valence-electron chi connectivity index (χ2n) is 8.73. The molecule has 1 fully saturated rings. The van der Waals surface area contributed by atoms with E-state index in [0.29, 0.717) is 14.1 Å². The number of rotatable bonds is 6. The number of alkyl halides is 10. The Kier molecular flexibility index (Phi) is 6.89. The van der Waals surface area contributed by atoms with Gasteiger partial charge in [-0.1, -0.05) is 0 Å². The molecule has 37 heavy (non-hydrogen) atoms. The maximum Gasteiger partial charge on any atom is 0.459 e. The van der Waals surface area contributed by atoms with Gasteiger partial charge in [0.1, 0.15) is 11.4 Å². The molecule has 6 nitrogen and oxygen atoms in total. The van der Waals surface area contributed by atoms with Crippen LogP contribution in [0.25, 0.3) is 0 Å². The van der Waals surface area contributed by atoms with Crippen LogP contribution in [-0.4, -0.2) is 49.9 Å². The van der Waals surface area contributed by atoms with Crippen molar-refractivity contribution in [2.24, 2.45) is 14.1 Å². The van der Waals surface area contributed by atoms with Gasteiger partial charge >= 0.3 is 24.2 Å². The van der Waals surface area contributed by atoms with Crippen LogP contribution >= 0.6 is 0 Å². The van der Waals surface area contributed by atoms with Crippen LogP contribution in [0.15, 0.2) is 0 Å². The first-order chi connectivity index (χ1) is 16.5. The predicted octanol–water partition coefficient (Wildman–Crippen LogP) is 5.05. The van der Waals surface area contributed by atoms with E-state index in [4.69, 9.17) is 9.47 Å². The molecule has 0 aromatic carbocycles. The monoisotopic (exact) mass is 562 g/mol. The van der Waals surface area contributed by atoms with Crippen molar-refractivity contribution in [3.05, 3.63) is 34.4 Å². The van der Waals surface area contributed by atoms with Crippen molar-refractivity contribution in [3.63, 3.8) is 0 Å².